The molecule has 6 heteroatoms. The summed E-state index contributed by atoms with van der Waals surface area (Å²) < 4.78 is 23.5. The van der Waals surface area contributed by atoms with E-state index in [4.69, 9.17) is 11.6 Å². The highest BCUT2D eigenvalue weighted by molar-refractivity contribution is 7.91. The van der Waals surface area contributed by atoms with Gasteiger partial charge in [-0.05, 0) is 55.8 Å². The lowest BCUT2D eigenvalue weighted by atomic mass is 9.86. The van der Waals surface area contributed by atoms with Gasteiger partial charge in [-0.15, -0.1) is 0 Å². The van der Waals surface area contributed by atoms with E-state index in [1.165, 1.54) is 0 Å². The van der Waals surface area contributed by atoms with Crippen LogP contribution in [-0.2, 0) is 16.3 Å². The predicted octanol–water partition coefficient (Wildman–Crippen LogP) is 2.33. The van der Waals surface area contributed by atoms with Gasteiger partial charge in [-0.25, -0.2) is 8.42 Å². The van der Waals surface area contributed by atoms with Gasteiger partial charge in [-0.2, -0.15) is 0 Å². The monoisotopic (exact) mass is 330 g/mol. The van der Waals surface area contributed by atoms with E-state index < -0.39 is 9.84 Å². The second kappa shape index (κ2) is 7.56. The molecule has 0 aromatic carbocycles. The molecule has 0 bridgehead atoms. The maximum atomic E-state index is 11.7. The van der Waals surface area contributed by atoms with Crippen molar-refractivity contribution < 1.29 is 8.42 Å². The van der Waals surface area contributed by atoms with Crippen molar-refractivity contribution in [2.24, 2.45) is 11.8 Å². The van der Waals surface area contributed by atoms with Gasteiger partial charge in [0.2, 0.25) is 0 Å². The van der Waals surface area contributed by atoms with E-state index in [2.05, 4.69) is 17.2 Å². The molecule has 0 saturated carbocycles. The van der Waals surface area contributed by atoms with Crippen LogP contribution in [0, 0.1) is 11.8 Å². The number of rotatable bonds is 7. The molecular weight excluding hydrogens is 308 g/mol. The lowest BCUT2D eigenvalue weighted by Gasteiger charge is -2.23. The average molecular weight is 331 g/mol. The van der Waals surface area contributed by atoms with Gasteiger partial charge >= 0.3 is 0 Å². The van der Waals surface area contributed by atoms with E-state index in [1.54, 1.807) is 12.4 Å². The summed E-state index contributed by atoms with van der Waals surface area (Å²) in [6, 6.07) is 1.93. The molecular formula is C15H23ClN2O2S. The molecule has 4 nitrogen and oxygen atoms in total. The van der Waals surface area contributed by atoms with Gasteiger partial charge in [0.05, 0.1) is 16.5 Å². The third-order valence-electron chi connectivity index (χ3n) is 4.11. The van der Waals surface area contributed by atoms with Crippen LogP contribution in [0.2, 0.25) is 5.02 Å². The van der Waals surface area contributed by atoms with Gasteiger partial charge in [0.1, 0.15) is 0 Å². The van der Waals surface area contributed by atoms with E-state index in [9.17, 15) is 8.42 Å². The van der Waals surface area contributed by atoms with Crippen molar-refractivity contribution in [3.05, 3.63) is 29.0 Å². The van der Waals surface area contributed by atoms with E-state index in [1.807, 2.05) is 6.07 Å². The van der Waals surface area contributed by atoms with Crippen molar-refractivity contribution in [1.82, 2.24) is 10.3 Å². The first kappa shape index (κ1) is 16.7. The van der Waals surface area contributed by atoms with Crippen molar-refractivity contribution in [1.29, 1.82) is 0 Å². The third kappa shape index (κ3) is 4.94. The highest BCUT2D eigenvalue weighted by Crippen LogP contribution is 2.29. The molecule has 2 unspecified atom stereocenters. The number of sulfone groups is 1. The predicted molar refractivity (Wildman–Crippen MR) is 86.4 cm³/mol. The van der Waals surface area contributed by atoms with Crippen LogP contribution in [0.5, 0.6) is 0 Å². The molecule has 1 saturated heterocycles. The van der Waals surface area contributed by atoms with Crippen molar-refractivity contribution >= 4 is 21.4 Å². The minimum absolute atomic E-state index is 0.226. The highest BCUT2D eigenvalue weighted by Gasteiger charge is 2.33. The van der Waals surface area contributed by atoms with Crippen LogP contribution < -0.4 is 5.32 Å². The van der Waals surface area contributed by atoms with Crippen LogP contribution in [0.1, 0.15) is 25.3 Å². The van der Waals surface area contributed by atoms with Gasteiger partial charge in [0.25, 0.3) is 0 Å². The summed E-state index contributed by atoms with van der Waals surface area (Å²) in [4.78, 5) is 4.00. The number of hydrogen-bond acceptors (Lipinski definition) is 4. The van der Waals surface area contributed by atoms with E-state index >= 15 is 0 Å². The first-order chi connectivity index (χ1) is 10.0. The third-order valence-corrected chi connectivity index (χ3v) is 6.24. The fourth-order valence-electron chi connectivity index (χ4n) is 2.92. The average Bonchev–Trinajstić information content (AvgIpc) is 2.80. The summed E-state index contributed by atoms with van der Waals surface area (Å²) in [5, 5.41) is 4.09. The molecule has 2 atom stereocenters. The largest absolute Gasteiger partial charge is 0.316 e. The Balaban J connectivity index is 2.07. The summed E-state index contributed by atoms with van der Waals surface area (Å²) >= 11 is 6.19. The van der Waals surface area contributed by atoms with Crippen LogP contribution in [-0.4, -0.2) is 38.0 Å². The Kier molecular flexibility index (Phi) is 6.02. The molecule has 1 aromatic rings. The number of hydrogen-bond donors (Lipinski definition) is 1. The summed E-state index contributed by atoms with van der Waals surface area (Å²) in [5.74, 6) is 1.16. The number of nitrogens with one attached hydrogen (secondary N) is 1. The van der Waals surface area contributed by atoms with Gasteiger partial charge in [0, 0.05) is 12.4 Å². The van der Waals surface area contributed by atoms with Crippen LogP contribution in [0.15, 0.2) is 18.5 Å². The summed E-state index contributed by atoms with van der Waals surface area (Å²) in [6.07, 6.45) is 6.04. The fraction of sp³-hybridized carbons (Fsp3) is 0.667. The molecule has 2 rings (SSSR count). The quantitative estimate of drug-likeness (QED) is 0.779. The zero-order valence-corrected chi connectivity index (χ0v) is 14.0. The molecule has 1 fully saturated rings. The first-order valence-corrected chi connectivity index (χ1v) is 9.71. The molecule has 0 amide bonds. The summed E-state index contributed by atoms with van der Waals surface area (Å²) in [6.45, 7) is 3.93. The van der Waals surface area contributed by atoms with Crippen LogP contribution in [0.4, 0.5) is 0 Å². The number of nitrogens with zero attached hydrogens (tertiary/aromatic N) is 1. The number of halogens is 1. The van der Waals surface area contributed by atoms with Crippen molar-refractivity contribution in [3.8, 4) is 0 Å². The Labute approximate surface area is 132 Å². The molecule has 1 aliphatic rings. The molecule has 2 heterocycles. The van der Waals surface area contributed by atoms with Crippen molar-refractivity contribution in [2.45, 2.75) is 26.2 Å². The molecule has 1 aliphatic heterocycles. The lowest BCUT2D eigenvalue weighted by molar-refractivity contribution is 0.343. The normalized spacial score (nSPS) is 22.3. The molecule has 1 N–H and O–H groups in total. The zero-order chi connectivity index (χ0) is 15.3. The molecule has 0 spiro atoms. The van der Waals surface area contributed by atoms with Crippen LogP contribution in [0.25, 0.3) is 0 Å². The minimum Gasteiger partial charge on any atom is -0.316 e. The van der Waals surface area contributed by atoms with E-state index in [0.717, 1.165) is 37.9 Å². The van der Waals surface area contributed by atoms with Gasteiger partial charge in [-0.3, -0.25) is 4.98 Å². The van der Waals surface area contributed by atoms with Gasteiger partial charge < -0.3 is 5.32 Å². The topological polar surface area (TPSA) is 59.1 Å². The maximum absolute atomic E-state index is 11.7. The molecule has 21 heavy (non-hydrogen) atoms. The molecule has 0 radical (unpaired) electrons. The number of pyridine rings is 1. The molecule has 0 aliphatic carbocycles. The Morgan fingerprint density at radius 3 is 2.95 bits per heavy atom. The standard InChI is InChI=1S/C15H23ClN2O2S/c1-2-5-17-9-14(13-4-7-21(19,20)11-13)8-12-3-6-18-10-15(12)16/h3,6,10,13-14,17H,2,4-5,7-9,11H2,1H3. The highest BCUT2D eigenvalue weighted by atomic mass is 35.5. The van der Waals surface area contributed by atoms with Crippen LogP contribution >= 0.6 is 11.6 Å². The van der Waals surface area contributed by atoms with Crippen molar-refractivity contribution in [3.63, 3.8) is 0 Å². The Morgan fingerprint density at radius 2 is 2.33 bits per heavy atom. The first-order valence-electron chi connectivity index (χ1n) is 7.51. The summed E-state index contributed by atoms with van der Waals surface area (Å²) in [5.41, 5.74) is 1.05. The van der Waals surface area contributed by atoms with Gasteiger partial charge in [-0.1, -0.05) is 18.5 Å². The smallest absolute Gasteiger partial charge is 0.150 e. The fourth-order valence-corrected chi connectivity index (χ4v) is 5.03. The number of aromatic nitrogens is 1. The molecule has 118 valence electrons. The van der Waals surface area contributed by atoms with Crippen molar-refractivity contribution in [2.75, 3.05) is 24.6 Å². The molecule has 1 aromatic heterocycles. The van der Waals surface area contributed by atoms with E-state index in [-0.39, 0.29) is 5.92 Å². The van der Waals surface area contributed by atoms with E-state index in [0.29, 0.717) is 22.4 Å². The Morgan fingerprint density at radius 1 is 1.52 bits per heavy atom. The zero-order valence-electron chi connectivity index (χ0n) is 12.4. The maximum Gasteiger partial charge on any atom is 0.150 e. The Hall–Kier alpha value is -0.650. The lowest BCUT2D eigenvalue weighted by Crippen LogP contribution is -2.31. The Bertz CT molecular complexity index is 563. The SMILES string of the molecule is CCCNCC(Cc1ccncc1Cl)C1CCS(=O)(=O)C1. The summed E-state index contributed by atoms with van der Waals surface area (Å²) in [7, 11) is -2.85. The van der Waals surface area contributed by atoms with Gasteiger partial charge in [0.15, 0.2) is 9.84 Å². The second-order valence-electron chi connectivity index (χ2n) is 5.80. The minimum atomic E-state index is -2.85. The second-order valence-corrected chi connectivity index (χ2v) is 8.43. The van der Waals surface area contributed by atoms with Crippen LogP contribution in [0.3, 0.4) is 0 Å².